The average Bonchev–Trinajstić information content (AvgIpc) is 3.16. The fraction of sp³-hybridized carbons (Fsp3) is 0.208. The molecule has 0 aliphatic carbocycles. The highest BCUT2D eigenvalue weighted by Gasteiger charge is 2.33. The van der Waals surface area contributed by atoms with Crippen LogP contribution in [0.4, 0.5) is 29.1 Å². The highest BCUT2D eigenvalue weighted by Crippen LogP contribution is 2.30. The van der Waals surface area contributed by atoms with E-state index in [1.54, 1.807) is 18.2 Å². The quantitative estimate of drug-likeness (QED) is 0.417. The van der Waals surface area contributed by atoms with Crippen LogP contribution < -0.4 is 10.2 Å². The number of amides is 1. The van der Waals surface area contributed by atoms with Crippen LogP contribution in [0.25, 0.3) is 11.0 Å². The van der Waals surface area contributed by atoms with Gasteiger partial charge in [0.1, 0.15) is 23.0 Å². The van der Waals surface area contributed by atoms with Gasteiger partial charge in [0, 0.05) is 18.7 Å². The van der Waals surface area contributed by atoms with Crippen molar-refractivity contribution in [3.8, 4) is 0 Å². The molecule has 1 aliphatic heterocycles. The van der Waals surface area contributed by atoms with Crippen LogP contribution in [0, 0.1) is 5.82 Å². The lowest BCUT2D eigenvalue weighted by Crippen LogP contribution is -2.51. The molecule has 35 heavy (non-hydrogen) atoms. The van der Waals surface area contributed by atoms with E-state index in [-0.39, 0.29) is 34.9 Å². The summed E-state index contributed by atoms with van der Waals surface area (Å²) < 4.78 is 55.3. The molecule has 0 bridgehead atoms. The Bertz CT molecular complexity index is 1400. The Morgan fingerprint density at radius 3 is 2.54 bits per heavy atom. The molecule has 4 aromatic rings. The average molecular weight is 485 g/mol. The number of nitrogens with zero attached hydrogens (tertiary/aromatic N) is 4. The summed E-state index contributed by atoms with van der Waals surface area (Å²) in [7, 11) is 0. The topological polar surface area (TPSA) is 83.3 Å². The number of alkyl halides is 3. The zero-order valence-corrected chi connectivity index (χ0v) is 18.1. The van der Waals surface area contributed by atoms with Gasteiger partial charge in [-0.05, 0) is 36.4 Å². The van der Waals surface area contributed by atoms with E-state index in [0.29, 0.717) is 24.6 Å². The van der Waals surface area contributed by atoms with E-state index >= 15 is 0 Å². The van der Waals surface area contributed by atoms with Crippen molar-refractivity contribution in [3.63, 3.8) is 0 Å². The van der Waals surface area contributed by atoms with E-state index in [9.17, 15) is 27.5 Å². The fourth-order valence-corrected chi connectivity index (χ4v) is 3.94. The van der Waals surface area contributed by atoms with Crippen LogP contribution in [0.2, 0.25) is 0 Å². The van der Waals surface area contributed by atoms with Crippen molar-refractivity contribution in [2.75, 3.05) is 23.3 Å². The molecular weight excluding hydrogens is 466 g/mol. The number of pyridine rings is 2. The predicted octanol–water partition coefficient (Wildman–Crippen LogP) is 4.07. The highest BCUT2D eigenvalue weighted by molar-refractivity contribution is 6.06. The second kappa shape index (κ2) is 8.66. The summed E-state index contributed by atoms with van der Waals surface area (Å²) in [5.74, 6) is -0.468. The molecule has 4 heterocycles. The third-order valence-corrected chi connectivity index (χ3v) is 5.76. The normalized spacial score (nSPS) is 14.3. The van der Waals surface area contributed by atoms with E-state index in [1.807, 2.05) is 4.90 Å². The number of hydrogen-bond donors (Lipinski definition) is 2. The van der Waals surface area contributed by atoms with Gasteiger partial charge in [-0.1, -0.05) is 18.2 Å². The van der Waals surface area contributed by atoms with E-state index in [4.69, 9.17) is 0 Å². The first-order valence-corrected chi connectivity index (χ1v) is 10.7. The molecule has 0 atom stereocenters. The first-order valence-electron chi connectivity index (χ1n) is 10.7. The lowest BCUT2D eigenvalue weighted by Gasteiger charge is -2.36. The lowest BCUT2D eigenvalue weighted by molar-refractivity contribution is -0.140. The molecule has 1 aromatic carbocycles. The monoisotopic (exact) mass is 485 g/mol. The van der Waals surface area contributed by atoms with Gasteiger partial charge < -0.3 is 19.9 Å². The minimum Gasteiger partial charge on any atom is -0.389 e. The molecule has 1 fully saturated rings. The van der Waals surface area contributed by atoms with Crippen LogP contribution in [0.1, 0.15) is 21.7 Å². The maximum Gasteiger partial charge on any atom is 0.433 e. The molecule has 0 spiro atoms. The third kappa shape index (κ3) is 4.54. The number of aliphatic hydroxyl groups is 1. The number of hydrogen-bond acceptors (Lipinski definition) is 5. The molecular formula is C24H19F4N5O2. The summed E-state index contributed by atoms with van der Waals surface area (Å²) in [6.07, 6.45) is -3.59. The van der Waals surface area contributed by atoms with Crippen LogP contribution in [-0.2, 0) is 12.7 Å². The van der Waals surface area contributed by atoms with Gasteiger partial charge in [0.15, 0.2) is 0 Å². The lowest BCUT2D eigenvalue weighted by atomic mass is 10.2. The second-order valence-electron chi connectivity index (χ2n) is 8.22. The number of carbonyl (C=O) groups excluding carboxylic acids is 1. The predicted molar refractivity (Wildman–Crippen MR) is 121 cm³/mol. The molecule has 11 heteroatoms. The number of benzene rings is 1. The van der Waals surface area contributed by atoms with Gasteiger partial charge in [-0.15, -0.1) is 0 Å². The Hall–Kier alpha value is -3.99. The molecule has 1 saturated heterocycles. The molecule has 3 aromatic heterocycles. The van der Waals surface area contributed by atoms with E-state index in [0.717, 1.165) is 6.07 Å². The van der Waals surface area contributed by atoms with Crippen molar-refractivity contribution in [1.82, 2.24) is 14.5 Å². The summed E-state index contributed by atoms with van der Waals surface area (Å²) in [5.41, 5.74) is -0.212. The van der Waals surface area contributed by atoms with E-state index in [2.05, 4.69) is 15.3 Å². The Morgan fingerprint density at radius 1 is 1.11 bits per heavy atom. The van der Waals surface area contributed by atoms with Crippen LogP contribution in [0.5, 0.6) is 0 Å². The maximum atomic E-state index is 14.3. The molecule has 5 rings (SSSR count). The van der Waals surface area contributed by atoms with Crippen molar-refractivity contribution in [2.24, 2.45) is 0 Å². The minimum atomic E-state index is -4.65. The molecule has 1 aliphatic rings. The van der Waals surface area contributed by atoms with Crippen molar-refractivity contribution in [2.45, 2.75) is 18.8 Å². The largest absolute Gasteiger partial charge is 0.433 e. The number of aromatic nitrogens is 3. The smallest absolute Gasteiger partial charge is 0.389 e. The SMILES string of the molecule is O=C(Nc1ccc(N2CC(O)C2)nc1)c1cc2nc(C(F)(F)F)ccc2n1Cc1ccccc1F. The molecule has 0 radical (unpaired) electrons. The van der Waals surface area contributed by atoms with Gasteiger partial charge in [-0.2, -0.15) is 13.2 Å². The summed E-state index contributed by atoms with van der Waals surface area (Å²) >= 11 is 0. The van der Waals surface area contributed by atoms with Crippen molar-refractivity contribution in [3.05, 3.63) is 83.6 Å². The van der Waals surface area contributed by atoms with Crippen LogP contribution in [0.3, 0.4) is 0 Å². The summed E-state index contributed by atoms with van der Waals surface area (Å²) in [6, 6.07) is 12.6. The number of nitrogens with one attached hydrogen (secondary N) is 1. The van der Waals surface area contributed by atoms with E-state index < -0.39 is 23.6 Å². The Morgan fingerprint density at radius 2 is 1.89 bits per heavy atom. The second-order valence-corrected chi connectivity index (χ2v) is 8.22. The Labute approximate surface area is 196 Å². The van der Waals surface area contributed by atoms with Gasteiger partial charge in [-0.3, -0.25) is 4.79 Å². The maximum absolute atomic E-state index is 14.3. The Balaban J connectivity index is 1.48. The van der Waals surface area contributed by atoms with Crippen molar-refractivity contribution < 1.29 is 27.5 Å². The molecule has 1 amide bonds. The van der Waals surface area contributed by atoms with Crippen LogP contribution >= 0.6 is 0 Å². The van der Waals surface area contributed by atoms with Crippen molar-refractivity contribution >= 4 is 28.4 Å². The highest BCUT2D eigenvalue weighted by atomic mass is 19.4. The number of fused-ring (bicyclic) bond motifs is 1. The molecule has 180 valence electrons. The molecule has 0 saturated carbocycles. The number of β-amino-alcohol motifs (C(OH)–C–C–N with tert-alkyl or cyclic N) is 1. The standard InChI is InChI=1S/C24H19F4N5O2/c25-17-4-2-1-3-14(17)11-33-19-6-7-21(24(26,27)28)31-18(19)9-20(33)23(35)30-15-5-8-22(29-10-15)32-12-16(34)13-32/h1-10,16,34H,11-13H2,(H,30,35). The summed E-state index contributed by atoms with van der Waals surface area (Å²) in [6.45, 7) is 0.865. The van der Waals surface area contributed by atoms with Gasteiger partial charge >= 0.3 is 6.18 Å². The summed E-state index contributed by atoms with van der Waals surface area (Å²) in [5, 5.41) is 12.1. The summed E-state index contributed by atoms with van der Waals surface area (Å²) in [4.78, 5) is 23.0. The van der Waals surface area contributed by atoms with Gasteiger partial charge in [0.05, 0.1) is 35.6 Å². The minimum absolute atomic E-state index is 0.0185. The van der Waals surface area contributed by atoms with E-state index in [1.165, 1.54) is 41.1 Å². The van der Waals surface area contributed by atoms with Gasteiger partial charge in [-0.25, -0.2) is 14.4 Å². The number of halogens is 4. The van der Waals surface area contributed by atoms with Crippen LogP contribution in [0.15, 0.2) is 60.8 Å². The number of carbonyl (C=O) groups is 1. The number of anilines is 2. The zero-order chi connectivity index (χ0) is 24.7. The van der Waals surface area contributed by atoms with Gasteiger partial charge in [0.2, 0.25) is 0 Å². The first kappa shape index (κ1) is 22.8. The molecule has 2 N–H and O–H groups in total. The molecule has 7 nitrogen and oxygen atoms in total. The van der Waals surface area contributed by atoms with Crippen molar-refractivity contribution in [1.29, 1.82) is 0 Å². The fourth-order valence-electron chi connectivity index (χ4n) is 3.94. The first-order chi connectivity index (χ1) is 16.7. The molecule has 0 unspecified atom stereocenters. The number of aliphatic hydroxyl groups excluding tert-OH is 1. The van der Waals surface area contributed by atoms with Crippen LogP contribution in [-0.4, -0.2) is 44.7 Å². The Kier molecular flexibility index (Phi) is 5.64. The van der Waals surface area contributed by atoms with Gasteiger partial charge in [0.25, 0.3) is 5.91 Å². The zero-order valence-electron chi connectivity index (χ0n) is 18.1. The number of rotatable bonds is 5. The third-order valence-electron chi connectivity index (χ3n) is 5.76.